The van der Waals surface area contributed by atoms with Crippen molar-refractivity contribution < 1.29 is 29.5 Å². The van der Waals surface area contributed by atoms with Crippen LogP contribution in [0.15, 0.2) is 75.4 Å². The van der Waals surface area contributed by atoms with Crippen molar-refractivity contribution in [3.05, 3.63) is 98.3 Å². The van der Waals surface area contributed by atoms with E-state index in [1.165, 1.54) is 51.6 Å². The molecule has 4 atom stereocenters. The standard InChI is InChI=1S/C42H57N6O8P/c1-7-43-27-54-57(48(28(2)3)29(4)5)56-37-24-39(55-30(37)6)47-25-31(40(50)46-41(47)51)20-21-38(49)44-22-14-8-9-15-23-45-42(52)53-26-36-34-18-12-10-16-32(34)33-17-11-13-19-35(33)36/h10-13,16-21,25,27-30,36-37,39H,7-9,14-15,22-24,26H2,1-6H3,(H,44,49)(H,45,52)(H,46,50,51)/b21-20+,43-27?/t30-,37-,39-,57?/m1/s1/i6D. The minimum atomic E-state index is -1.61. The van der Waals surface area contributed by atoms with E-state index in [4.69, 9.17) is 19.9 Å². The summed E-state index contributed by atoms with van der Waals surface area (Å²) >= 11 is 0. The summed E-state index contributed by atoms with van der Waals surface area (Å²) in [5.74, 6) is -0.368. The van der Waals surface area contributed by atoms with Crippen LogP contribution in [-0.4, -0.2) is 83.2 Å². The van der Waals surface area contributed by atoms with E-state index in [0.717, 1.165) is 25.7 Å². The predicted octanol–water partition coefficient (Wildman–Crippen LogP) is 6.87. The van der Waals surface area contributed by atoms with Gasteiger partial charge in [0.1, 0.15) is 12.8 Å². The highest BCUT2D eigenvalue weighted by Crippen LogP contribution is 2.49. The quantitative estimate of drug-likeness (QED) is 0.0364. The average molecular weight is 806 g/mol. The summed E-state index contributed by atoms with van der Waals surface area (Å²) in [6, 6.07) is 16.6. The van der Waals surface area contributed by atoms with Crippen molar-refractivity contribution in [1.29, 1.82) is 0 Å². The molecule has 1 aliphatic heterocycles. The first-order valence-corrected chi connectivity index (χ1v) is 20.9. The first kappa shape index (κ1) is 42.0. The third-order valence-corrected chi connectivity index (χ3v) is 11.8. The largest absolute Gasteiger partial charge is 0.449 e. The maximum atomic E-state index is 12.9. The van der Waals surface area contributed by atoms with Crippen LogP contribution in [0.2, 0.25) is 0 Å². The lowest BCUT2D eigenvalue weighted by Crippen LogP contribution is -2.35. The van der Waals surface area contributed by atoms with Crippen molar-refractivity contribution in [2.75, 3.05) is 26.2 Å². The Morgan fingerprint density at radius 1 is 1.02 bits per heavy atom. The van der Waals surface area contributed by atoms with Crippen LogP contribution >= 0.6 is 8.53 Å². The number of carbonyl (C=O) groups excluding carboxylic acids is 2. The molecule has 1 aromatic heterocycles. The Morgan fingerprint density at radius 2 is 1.67 bits per heavy atom. The van der Waals surface area contributed by atoms with Gasteiger partial charge in [-0.15, -0.1) is 0 Å². The molecule has 2 amide bonds. The van der Waals surface area contributed by atoms with Crippen molar-refractivity contribution >= 4 is 33.0 Å². The van der Waals surface area contributed by atoms with Gasteiger partial charge in [-0.2, -0.15) is 0 Å². The van der Waals surface area contributed by atoms with Gasteiger partial charge in [-0.25, -0.2) is 14.3 Å². The lowest BCUT2D eigenvalue weighted by molar-refractivity contribution is -0.116. The van der Waals surface area contributed by atoms with Gasteiger partial charge in [-0.3, -0.25) is 24.1 Å². The van der Waals surface area contributed by atoms with Gasteiger partial charge in [0.05, 0.1) is 17.8 Å². The third-order valence-electron chi connectivity index (χ3n) is 9.78. The van der Waals surface area contributed by atoms with Crippen molar-refractivity contribution in [3.63, 3.8) is 0 Å². The number of carbonyl (C=O) groups is 2. The van der Waals surface area contributed by atoms with Crippen molar-refractivity contribution in [2.45, 2.75) is 110 Å². The number of H-pyrrole nitrogens is 1. The van der Waals surface area contributed by atoms with Crippen molar-refractivity contribution in [1.82, 2.24) is 24.9 Å². The monoisotopic (exact) mass is 805 g/mol. The van der Waals surface area contributed by atoms with E-state index < -0.39 is 44.3 Å². The summed E-state index contributed by atoms with van der Waals surface area (Å²) in [6.45, 7) is 11.7. The molecule has 0 bridgehead atoms. The lowest BCUT2D eigenvalue weighted by Gasteiger charge is -2.36. The first-order chi connectivity index (χ1) is 28.0. The zero-order valence-corrected chi connectivity index (χ0v) is 34.4. The molecule has 2 heterocycles. The van der Waals surface area contributed by atoms with Crippen LogP contribution in [0.25, 0.3) is 17.2 Å². The smallest absolute Gasteiger partial charge is 0.407 e. The molecule has 5 rings (SSSR count). The Kier molecular flexibility index (Phi) is 15.6. The van der Waals surface area contributed by atoms with Crippen LogP contribution in [-0.2, 0) is 23.3 Å². The van der Waals surface area contributed by atoms with Gasteiger partial charge in [-0.05, 0) is 82.7 Å². The fourth-order valence-electron chi connectivity index (χ4n) is 7.07. The summed E-state index contributed by atoms with van der Waals surface area (Å²) in [4.78, 5) is 57.1. The van der Waals surface area contributed by atoms with Crippen molar-refractivity contribution in [2.24, 2.45) is 4.99 Å². The normalized spacial score (nSPS) is 18.7. The number of rotatable bonds is 20. The number of hydrogen-bond acceptors (Lipinski definition) is 10. The predicted molar refractivity (Wildman–Crippen MR) is 223 cm³/mol. The molecule has 3 N–H and O–H groups in total. The van der Waals surface area contributed by atoms with Crippen LogP contribution in [0, 0.1) is 0 Å². The summed E-state index contributed by atoms with van der Waals surface area (Å²) in [7, 11) is -1.61. The van der Waals surface area contributed by atoms with E-state index in [-0.39, 0.29) is 49.4 Å². The number of benzene rings is 2. The van der Waals surface area contributed by atoms with Crippen LogP contribution in [0.3, 0.4) is 0 Å². The van der Waals surface area contributed by atoms with E-state index >= 15 is 0 Å². The molecule has 1 aliphatic carbocycles. The molecule has 1 saturated heterocycles. The molecule has 2 aromatic carbocycles. The zero-order chi connectivity index (χ0) is 41.6. The average Bonchev–Trinajstić information content (AvgIpc) is 3.75. The van der Waals surface area contributed by atoms with E-state index in [2.05, 4.69) is 49.5 Å². The lowest BCUT2D eigenvalue weighted by atomic mass is 9.98. The van der Waals surface area contributed by atoms with E-state index in [1.54, 1.807) is 0 Å². The molecule has 3 aromatic rings. The number of nitrogens with zero attached hydrogens (tertiary/aromatic N) is 3. The molecule has 0 radical (unpaired) electrons. The number of fused-ring (bicyclic) bond motifs is 3. The number of aromatic amines is 1. The van der Waals surface area contributed by atoms with Crippen molar-refractivity contribution in [3.8, 4) is 11.1 Å². The maximum absolute atomic E-state index is 12.9. The van der Waals surface area contributed by atoms with Gasteiger partial charge in [0.25, 0.3) is 5.56 Å². The number of aromatic nitrogens is 2. The summed E-state index contributed by atoms with van der Waals surface area (Å²) in [5, 5.41) is 5.66. The minimum Gasteiger partial charge on any atom is -0.449 e. The molecular weight excluding hydrogens is 747 g/mol. The molecule has 15 heteroatoms. The fraction of sp³-hybridized carbons (Fsp3) is 0.500. The number of alkyl carbamates (subject to hydrolysis) is 1. The Labute approximate surface area is 337 Å². The van der Waals surface area contributed by atoms with Gasteiger partial charge in [0, 0.05) is 57.7 Å². The molecule has 2 aliphatic rings. The van der Waals surface area contributed by atoms with E-state index in [9.17, 15) is 19.2 Å². The minimum absolute atomic E-state index is 0.0132. The molecule has 0 saturated carbocycles. The highest BCUT2D eigenvalue weighted by Gasteiger charge is 2.40. The molecule has 0 spiro atoms. The number of aliphatic imine (C=N–C) groups is 1. The number of hydrogen-bond donors (Lipinski definition) is 3. The SMILES string of the molecule is [2H]C[C@H]1O[C@@H](n2cc(/C=C/C(=O)NCCCCCCNC(=O)OCC3c4ccccc4-c4ccccc43)c(=O)[nH]c2=O)C[C@H]1OP(OC=NCC)N(C(C)C)C(C)C. The summed E-state index contributed by atoms with van der Waals surface area (Å²) in [6.07, 6.45) is 6.35. The second kappa shape index (κ2) is 21.2. The third kappa shape index (κ3) is 11.7. The first-order valence-electron chi connectivity index (χ1n) is 20.5. The van der Waals surface area contributed by atoms with Crippen LogP contribution in [0.5, 0.6) is 0 Å². The van der Waals surface area contributed by atoms with Gasteiger partial charge < -0.3 is 29.2 Å². The molecule has 57 heavy (non-hydrogen) atoms. The number of nitrogens with one attached hydrogen (secondary N) is 3. The number of unbranched alkanes of at least 4 members (excludes halogenated alkanes) is 3. The topological polar surface area (TPSA) is 166 Å². The Hall–Kier alpha value is -4.62. The van der Waals surface area contributed by atoms with Gasteiger partial charge in [-0.1, -0.05) is 61.4 Å². The van der Waals surface area contributed by atoms with Crippen LogP contribution in [0.4, 0.5) is 4.79 Å². The Morgan fingerprint density at radius 3 is 2.30 bits per heavy atom. The maximum Gasteiger partial charge on any atom is 0.407 e. The summed E-state index contributed by atoms with van der Waals surface area (Å²) in [5.41, 5.74) is 3.49. The van der Waals surface area contributed by atoms with Gasteiger partial charge in [0.15, 0.2) is 6.40 Å². The highest BCUT2D eigenvalue weighted by molar-refractivity contribution is 7.45. The number of ether oxygens (including phenoxy) is 2. The van der Waals surface area contributed by atoms with E-state index in [0.29, 0.717) is 19.6 Å². The van der Waals surface area contributed by atoms with Gasteiger partial charge in [0.2, 0.25) is 5.91 Å². The molecular formula is C42H57N6O8P. The number of amides is 2. The summed E-state index contributed by atoms with van der Waals surface area (Å²) < 4.78 is 35.6. The zero-order valence-electron chi connectivity index (χ0n) is 34.5. The fourth-order valence-corrected chi connectivity index (χ4v) is 8.69. The van der Waals surface area contributed by atoms with Gasteiger partial charge >= 0.3 is 20.3 Å². The highest BCUT2D eigenvalue weighted by atomic mass is 31.2. The molecule has 14 nitrogen and oxygen atoms in total. The molecule has 1 fully saturated rings. The van der Waals surface area contributed by atoms with E-state index in [1.807, 2.05) is 58.9 Å². The Balaban J connectivity index is 1.03. The van der Waals surface area contributed by atoms with Crippen LogP contribution < -0.4 is 21.9 Å². The van der Waals surface area contributed by atoms with Crippen LogP contribution in [0.1, 0.15) is 104 Å². The molecule has 1 unspecified atom stereocenters. The second-order valence-corrected chi connectivity index (χ2v) is 15.9. The Bertz CT molecular complexity index is 1950. The second-order valence-electron chi connectivity index (χ2n) is 14.6. The molecule has 308 valence electrons.